The number of hydrogen-bond donors (Lipinski definition) is 0. The lowest BCUT2D eigenvalue weighted by atomic mass is 9.63. The summed E-state index contributed by atoms with van der Waals surface area (Å²) in [4.78, 5) is 4.09. The van der Waals surface area contributed by atoms with Gasteiger partial charge >= 0.3 is 0 Å². The first-order chi connectivity index (χ1) is 26.3. The van der Waals surface area contributed by atoms with Gasteiger partial charge in [-0.3, -0.25) is 0 Å². The van der Waals surface area contributed by atoms with E-state index >= 15 is 0 Å². The van der Waals surface area contributed by atoms with E-state index in [0.717, 1.165) is 34.6 Å². The highest BCUT2D eigenvalue weighted by molar-refractivity contribution is 5.89. The highest BCUT2D eigenvalue weighted by atomic mass is 15.1. The van der Waals surface area contributed by atoms with Crippen LogP contribution in [0.1, 0.15) is 58.5 Å². The minimum atomic E-state index is -0.413. The molecular formula is C48H44N2. The Labute approximate surface area is 304 Å². The largest absolute Gasteiger partial charge is 0.311 e. The van der Waals surface area contributed by atoms with E-state index in [1.165, 1.54) is 28.3 Å². The van der Waals surface area contributed by atoms with E-state index in [0.29, 0.717) is 11.4 Å². The third-order valence-electron chi connectivity index (χ3n) is 10.4. The molecule has 0 radical (unpaired) electrons. The lowest BCUT2D eigenvalue weighted by molar-refractivity contribution is 0.332. The molecule has 2 nitrogen and oxygen atoms in total. The quantitative estimate of drug-likeness (QED) is 0.169. The van der Waals surface area contributed by atoms with Crippen LogP contribution in [0.2, 0.25) is 0 Å². The molecule has 246 valence electrons. The van der Waals surface area contributed by atoms with Gasteiger partial charge in [0.05, 0.1) is 6.85 Å². The zero-order valence-corrected chi connectivity index (χ0v) is 29.1. The third-order valence-corrected chi connectivity index (χ3v) is 10.4. The van der Waals surface area contributed by atoms with Gasteiger partial charge in [-0.15, -0.1) is 0 Å². The molecule has 0 saturated carbocycles. The smallest absolute Gasteiger partial charge is 0.0645 e. The Balaban J connectivity index is 1.18. The van der Waals surface area contributed by atoms with Gasteiger partial charge < -0.3 is 9.80 Å². The first kappa shape index (κ1) is 26.3. The van der Waals surface area contributed by atoms with Crippen molar-refractivity contribution in [3.8, 4) is 11.1 Å². The monoisotopic (exact) mass is 653 g/mol. The number of rotatable bonds is 7. The molecule has 0 spiro atoms. The molecule has 0 saturated heterocycles. The molecule has 8 rings (SSSR count). The zero-order valence-electron chi connectivity index (χ0n) is 34.1. The van der Waals surface area contributed by atoms with E-state index in [9.17, 15) is 0 Å². The van der Waals surface area contributed by atoms with E-state index in [2.05, 4.69) is 118 Å². The average molecular weight is 654 g/mol. The number of para-hydroxylation sites is 2. The SMILES string of the molecule is [2H]c1c([2H])c([2H])c(N(c2ccccc2)c2ccc(-c3ccc(N(c4ccc5c(c4)C(C)(C)CCC5(C)C)c4ccc5ccccc5c4)cc3)cc2)c([2H])c1[2H]. The molecule has 0 N–H and O–H groups in total. The first-order valence-corrected chi connectivity index (χ1v) is 17.4. The molecular weight excluding hydrogens is 605 g/mol. The van der Waals surface area contributed by atoms with E-state index in [-0.39, 0.29) is 40.7 Å². The van der Waals surface area contributed by atoms with Crippen molar-refractivity contribution in [3.63, 3.8) is 0 Å². The van der Waals surface area contributed by atoms with Gasteiger partial charge in [0.2, 0.25) is 0 Å². The average Bonchev–Trinajstić information content (AvgIpc) is 3.20. The van der Waals surface area contributed by atoms with E-state index in [4.69, 9.17) is 6.85 Å². The fourth-order valence-corrected chi connectivity index (χ4v) is 7.42. The molecule has 50 heavy (non-hydrogen) atoms. The highest BCUT2D eigenvalue weighted by Crippen LogP contribution is 2.48. The molecule has 0 aromatic heterocycles. The van der Waals surface area contributed by atoms with Gasteiger partial charge in [0.15, 0.2) is 0 Å². The van der Waals surface area contributed by atoms with E-state index in [1.54, 1.807) is 4.90 Å². The van der Waals surface area contributed by atoms with Crippen LogP contribution in [0.15, 0.2) is 170 Å². The lowest BCUT2D eigenvalue weighted by Gasteiger charge is -2.42. The maximum absolute atomic E-state index is 8.72. The molecule has 2 heteroatoms. The molecule has 0 unspecified atom stereocenters. The first-order valence-electron chi connectivity index (χ1n) is 19.9. The van der Waals surface area contributed by atoms with Gasteiger partial charge in [0.25, 0.3) is 0 Å². The van der Waals surface area contributed by atoms with Gasteiger partial charge in [0.1, 0.15) is 0 Å². The summed E-state index contributed by atoms with van der Waals surface area (Å²) < 4.78 is 42.2. The Morgan fingerprint density at radius 1 is 0.420 bits per heavy atom. The van der Waals surface area contributed by atoms with Gasteiger partial charge in [-0.25, -0.2) is 0 Å². The van der Waals surface area contributed by atoms with Crippen LogP contribution in [0.5, 0.6) is 0 Å². The molecule has 0 bridgehead atoms. The van der Waals surface area contributed by atoms with Gasteiger partial charge in [0, 0.05) is 34.1 Å². The Hall–Kier alpha value is -5.60. The van der Waals surface area contributed by atoms with Crippen molar-refractivity contribution in [1.82, 2.24) is 0 Å². The van der Waals surface area contributed by atoms with Crippen molar-refractivity contribution in [3.05, 3.63) is 181 Å². The fraction of sp³-hybridized carbons (Fsp3) is 0.167. The van der Waals surface area contributed by atoms with Crippen LogP contribution in [-0.4, -0.2) is 0 Å². The van der Waals surface area contributed by atoms with Crippen LogP contribution in [0.4, 0.5) is 34.1 Å². The highest BCUT2D eigenvalue weighted by Gasteiger charge is 2.37. The summed E-state index contributed by atoms with van der Waals surface area (Å²) in [6.45, 7) is 9.47. The normalized spacial score (nSPS) is 16.0. The lowest BCUT2D eigenvalue weighted by Crippen LogP contribution is -2.34. The van der Waals surface area contributed by atoms with Crippen LogP contribution in [0.3, 0.4) is 0 Å². The Bertz CT molecular complexity index is 2520. The number of nitrogens with zero attached hydrogens (tertiary/aromatic N) is 2. The standard InChI is InChI=1S/C48H44N2/c1-47(2)31-32-48(3,4)46-34-44(29-30-45(46)47)50(43-28-23-35-13-11-12-14-38(35)33-43)42-26-21-37(22-27-42)36-19-24-41(25-20-36)49(39-15-7-5-8-16-39)40-17-9-6-10-18-40/h5-30,33-34H,31-32H2,1-4H3/i5D,7D,8D,15D,16D. The predicted octanol–water partition coefficient (Wildman–Crippen LogP) is 13.8. The number of hydrogen-bond acceptors (Lipinski definition) is 2. The maximum Gasteiger partial charge on any atom is 0.0645 e. The minimum Gasteiger partial charge on any atom is -0.311 e. The van der Waals surface area contributed by atoms with E-state index < -0.39 is 6.04 Å². The van der Waals surface area contributed by atoms with Crippen LogP contribution < -0.4 is 9.80 Å². The second-order valence-corrected chi connectivity index (χ2v) is 14.6. The molecule has 7 aromatic rings. The molecule has 0 aliphatic heterocycles. The Morgan fingerprint density at radius 2 is 0.900 bits per heavy atom. The second-order valence-electron chi connectivity index (χ2n) is 14.6. The van der Waals surface area contributed by atoms with Crippen molar-refractivity contribution in [1.29, 1.82) is 0 Å². The van der Waals surface area contributed by atoms with Gasteiger partial charge in [-0.1, -0.05) is 125 Å². The van der Waals surface area contributed by atoms with Crippen LogP contribution in [0.25, 0.3) is 21.9 Å². The summed E-state index contributed by atoms with van der Waals surface area (Å²) in [5.41, 5.74) is 9.85. The third kappa shape index (κ3) is 5.96. The molecule has 7 aromatic carbocycles. The summed E-state index contributed by atoms with van der Waals surface area (Å²) in [6.07, 6.45) is 2.31. The topological polar surface area (TPSA) is 6.48 Å². The Morgan fingerprint density at radius 3 is 1.54 bits per heavy atom. The molecule has 0 amide bonds. The van der Waals surface area contributed by atoms with Crippen molar-refractivity contribution in [2.45, 2.75) is 51.4 Å². The number of benzene rings is 7. The summed E-state index contributed by atoms with van der Waals surface area (Å²) in [7, 11) is 0. The fourth-order valence-electron chi connectivity index (χ4n) is 7.42. The van der Waals surface area contributed by atoms with Crippen molar-refractivity contribution in [2.75, 3.05) is 9.80 Å². The van der Waals surface area contributed by atoms with Crippen LogP contribution in [-0.2, 0) is 10.8 Å². The molecule has 1 aliphatic carbocycles. The van der Waals surface area contributed by atoms with Gasteiger partial charge in [-0.05, 0) is 129 Å². The summed E-state index contributed by atoms with van der Waals surface area (Å²) in [5, 5.41) is 2.39. The van der Waals surface area contributed by atoms with Crippen molar-refractivity contribution >= 4 is 44.9 Å². The Kier molecular flexibility index (Phi) is 6.67. The molecule has 0 fully saturated rings. The molecule has 1 aliphatic rings. The molecule has 0 heterocycles. The van der Waals surface area contributed by atoms with Gasteiger partial charge in [-0.2, -0.15) is 0 Å². The number of fused-ring (bicyclic) bond motifs is 2. The maximum atomic E-state index is 8.72. The predicted molar refractivity (Wildman–Crippen MR) is 214 cm³/mol. The van der Waals surface area contributed by atoms with Crippen LogP contribution >= 0.6 is 0 Å². The number of anilines is 6. The molecule has 0 atom stereocenters. The van der Waals surface area contributed by atoms with Crippen LogP contribution in [0, 0.1) is 0 Å². The van der Waals surface area contributed by atoms with E-state index in [1.807, 2.05) is 54.6 Å². The zero-order chi connectivity index (χ0) is 38.6. The summed E-state index contributed by atoms with van der Waals surface area (Å²) in [6, 6.07) is 46.5. The van der Waals surface area contributed by atoms with Crippen molar-refractivity contribution in [2.24, 2.45) is 0 Å². The minimum absolute atomic E-state index is 0.0740. The summed E-state index contributed by atoms with van der Waals surface area (Å²) >= 11 is 0. The van der Waals surface area contributed by atoms with Crippen molar-refractivity contribution < 1.29 is 6.85 Å². The second kappa shape index (κ2) is 12.7. The summed E-state index contributed by atoms with van der Waals surface area (Å²) in [5.74, 6) is 0.